The molecule has 0 saturated heterocycles. The third-order valence-electron chi connectivity index (χ3n) is 2.29. The van der Waals surface area contributed by atoms with Crippen LogP contribution in [0.4, 0.5) is 13.2 Å². The number of rotatable bonds is 2. The Kier molecular flexibility index (Phi) is 3.56. The Hall–Kier alpha value is -1.53. The van der Waals surface area contributed by atoms with Crippen LogP contribution in [0.25, 0.3) is 5.69 Å². The van der Waals surface area contributed by atoms with E-state index in [0.29, 0.717) is 5.69 Å². The average molecular weight is 309 g/mol. The van der Waals surface area contributed by atoms with E-state index in [9.17, 15) is 18.0 Å². The van der Waals surface area contributed by atoms with Crippen molar-refractivity contribution in [2.75, 3.05) is 0 Å². The van der Waals surface area contributed by atoms with Crippen LogP contribution in [0.1, 0.15) is 16.1 Å². The van der Waals surface area contributed by atoms with Crippen molar-refractivity contribution in [2.45, 2.75) is 6.18 Å². The molecule has 2 aromatic rings. The van der Waals surface area contributed by atoms with Gasteiger partial charge in [-0.3, -0.25) is 4.79 Å². The molecule has 0 bridgehead atoms. The fourth-order valence-corrected chi connectivity index (χ4v) is 2.05. The molecule has 0 radical (unpaired) electrons. The number of aromatic nitrogens is 2. The van der Waals surface area contributed by atoms with E-state index in [1.165, 1.54) is 12.1 Å². The van der Waals surface area contributed by atoms with Crippen LogP contribution in [0.3, 0.4) is 0 Å². The van der Waals surface area contributed by atoms with Crippen LogP contribution in [0, 0.1) is 0 Å². The van der Waals surface area contributed by atoms with Crippen LogP contribution >= 0.6 is 23.2 Å². The van der Waals surface area contributed by atoms with Crippen LogP contribution in [-0.2, 0) is 6.18 Å². The van der Waals surface area contributed by atoms with E-state index in [4.69, 9.17) is 23.2 Å². The molecule has 0 spiro atoms. The molecule has 1 aromatic heterocycles. The minimum atomic E-state index is -4.82. The molecule has 0 saturated carbocycles. The molecule has 1 heterocycles. The van der Waals surface area contributed by atoms with Gasteiger partial charge in [0.1, 0.15) is 10.7 Å². The second kappa shape index (κ2) is 4.86. The minimum absolute atomic E-state index is 0.294. The minimum Gasteiger partial charge on any atom is -0.275 e. The quantitative estimate of drug-likeness (QED) is 0.788. The Bertz CT molecular complexity index is 623. The molecular weight excluding hydrogens is 304 g/mol. The first-order chi connectivity index (χ1) is 8.82. The molecule has 0 fully saturated rings. The van der Waals surface area contributed by atoms with E-state index >= 15 is 0 Å². The van der Waals surface area contributed by atoms with Crippen molar-refractivity contribution in [1.29, 1.82) is 0 Å². The van der Waals surface area contributed by atoms with E-state index in [1.807, 2.05) is 0 Å². The van der Waals surface area contributed by atoms with Gasteiger partial charge in [0.05, 0.1) is 5.69 Å². The van der Waals surface area contributed by atoms with Crippen LogP contribution in [0.2, 0.25) is 5.15 Å². The van der Waals surface area contributed by atoms with Gasteiger partial charge in [-0.25, -0.2) is 4.68 Å². The first-order valence-electron chi connectivity index (χ1n) is 4.93. The fourth-order valence-electron chi connectivity index (χ4n) is 1.51. The lowest BCUT2D eigenvalue weighted by atomic mass is 10.2. The lowest BCUT2D eigenvalue weighted by Gasteiger charge is -2.02. The van der Waals surface area contributed by atoms with Gasteiger partial charge in [0.25, 0.3) is 5.24 Å². The van der Waals surface area contributed by atoms with Crippen molar-refractivity contribution in [2.24, 2.45) is 0 Å². The van der Waals surface area contributed by atoms with E-state index in [2.05, 4.69) is 5.10 Å². The molecule has 19 heavy (non-hydrogen) atoms. The molecule has 0 N–H and O–H groups in total. The summed E-state index contributed by atoms with van der Waals surface area (Å²) < 4.78 is 39.1. The number of hydrogen-bond acceptors (Lipinski definition) is 2. The number of nitrogens with zero attached hydrogens (tertiary/aromatic N) is 2. The van der Waals surface area contributed by atoms with Gasteiger partial charge in [-0.1, -0.05) is 29.8 Å². The van der Waals surface area contributed by atoms with Gasteiger partial charge < -0.3 is 0 Å². The standard InChI is InChI=1S/C11H5Cl2F3N2O/c12-9-7(10(13)19)8(11(14,15)16)17-18(9)6-4-2-1-3-5-6/h1-5H. The second-order valence-corrected chi connectivity index (χ2v) is 4.23. The Balaban J connectivity index is 2.70. The molecule has 0 amide bonds. The van der Waals surface area contributed by atoms with Crippen LogP contribution in [0.15, 0.2) is 30.3 Å². The van der Waals surface area contributed by atoms with Gasteiger partial charge in [-0.2, -0.15) is 18.3 Å². The summed E-state index contributed by atoms with van der Waals surface area (Å²) in [5, 5.41) is 1.55. The largest absolute Gasteiger partial charge is 0.436 e. The van der Waals surface area contributed by atoms with Crippen molar-refractivity contribution in [1.82, 2.24) is 9.78 Å². The molecular formula is C11H5Cl2F3N2O. The van der Waals surface area contributed by atoms with E-state index in [1.54, 1.807) is 18.2 Å². The van der Waals surface area contributed by atoms with Gasteiger partial charge in [0.2, 0.25) is 0 Å². The van der Waals surface area contributed by atoms with Gasteiger partial charge >= 0.3 is 6.18 Å². The number of carbonyl (C=O) groups excluding carboxylic acids is 1. The van der Waals surface area contributed by atoms with Crippen molar-refractivity contribution >= 4 is 28.4 Å². The number of carbonyl (C=O) groups is 1. The number of halogens is 5. The monoisotopic (exact) mass is 308 g/mol. The van der Waals surface area contributed by atoms with Crippen molar-refractivity contribution in [3.8, 4) is 5.69 Å². The molecule has 2 rings (SSSR count). The van der Waals surface area contributed by atoms with E-state index in [-0.39, 0.29) is 0 Å². The highest BCUT2D eigenvalue weighted by Gasteiger charge is 2.41. The Labute approximate surface area is 115 Å². The van der Waals surface area contributed by atoms with E-state index < -0.39 is 27.8 Å². The molecule has 3 nitrogen and oxygen atoms in total. The lowest BCUT2D eigenvalue weighted by molar-refractivity contribution is -0.141. The van der Waals surface area contributed by atoms with Gasteiger partial charge in [0.15, 0.2) is 5.69 Å². The highest BCUT2D eigenvalue weighted by atomic mass is 35.5. The SMILES string of the molecule is O=C(Cl)c1c(C(F)(F)F)nn(-c2ccccc2)c1Cl. The maximum absolute atomic E-state index is 12.8. The third kappa shape index (κ3) is 2.59. The zero-order valence-corrected chi connectivity index (χ0v) is 10.6. The maximum Gasteiger partial charge on any atom is 0.436 e. The van der Waals surface area contributed by atoms with Crippen LogP contribution in [-0.4, -0.2) is 15.0 Å². The maximum atomic E-state index is 12.8. The first-order valence-corrected chi connectivity index (χ1v) is 5.69. The van der Waals surface area contributed by atoms with Gasteiger partial charge in [-0.15, -0.1) is 0 Å². The molecule has 0 aliphatic carbocycles. The van der Waals surface area contributed by atoms with Gasteiger partial charge in [0, 0.05) is 0 Å². The zero-order chi connectivity index (χ0) is 14.2. The molecule has 0 atom stereocenters. The fraction of sp³-hybridized carbons (Fsp3) is 0.0909. The van der Waals surface area contributed by atoms with Crippen molar-refractivity contribution < 1.29 is 18.0 Å². The Morgan fingerprint density at radius 2 is 1.79 bits per heavy atom. The molecule has 0 aliphatic rings. The van der Waals surface area contributed by atoms with Gasteiger partial charge in [-0.05, 0) is 23.7 Å². The molecule has 1 aromatic carbocycles. The average Bonchev–Trinajstić information content (AvgIpc) is 2.68. The molecule has 0 unspecified atom stereocenters. The Morgan fingerprint density at radius 3 is 2.21 bits per heavy atom. The summed E-state index contributed by atoms with van der Waals surface area (Å²) in [6.07, 6.45) is -4.82. The zero-order valence-electron chi connectivity index (χ0n) is 9.08. The normalized spacial score (nSPS) is 11.6. The number of benzene rings is 1. The third-order valence-corrected chi connectivity index (χ3v) is 2.83. The summed E-state index contributed by atoms with van der Waals surface area (Å²) in [6, 6.07) is 7.88. The summed E-state index contributed by atoms with van der Waals surface area (Å²) in [5.74, 6) is 0. The Morgan fingerprint density at radius 1 is 1.21 bits per heavy atom. The second-order valence-electron chi connectivity index (χ2n) is 3.53. The molecule has 100 valence electrons. The predicted octanol–water partition coefficient (Wildman–Crippen LogP) is 3.92. The predicted molar refractivity (Wildman–Crippen MR) is 63.8 cm³/mol. The van der Waals surface area contributed by atoms with Crippen LogP contribution < -0.4 is 0 Å². The van der Waals surface area contributed by atoms with E-state index in [0.717, 1.165) is 4.68 Å². The molecule has 8 heteroatoms. The number of alkyl halides is 3. The summed E-state index contributed by atoms with van der Waals surface area (Å²) in [4.78, 5) is 11.1. The lowest BCUT2D eigenvalue weighted by Crippen LogP contribution is -2.10. The summed E-state index contributed by atoms with van der Waals surface area (Å²) in [7, 11) is 0. The smallest absolute Gasteiger partial charge is 0.275 e. The summed E-state index contributed by atoms with van der Waals surface area (Å²) in [6.45, 7) is 0. The highest BCUT2D eigenvalue weighted by Crippen LogP contribution is 2.36. The summed E-state index contributed by atoms with van der Waals surface area (Å²) >= 11 is 10.9. The number of para-hydroxylation sites is 1. The molecule has 0 aliphatic heterocycles. The first kappa shape index (κ1) is 13.9. The van der Waals surface area contributed by atoms with Crippen molar-refractivity contribution in [3.05, 3.63) is 46.7 Å². The summed E-state index contributed by atoms with van der Waals surface area (Å²) in [5.41, 5.74) is -1.96. The number of hydrogen-bond donors (Lipinski definition) is 0. The highest BCUT2D eigenvalue weighted by molar-refractivity contribution is 6.68. The van der Waals surface area contributed by atoms with Crippen molar-refractivity contribution in [3.63, 3.8) is 0 Å². The topological polar surface area (TPSA) is 34.9 Å². The van der Waals surface area contributed by atoms with Crippen LogP contribution in [0.5, 0.6) is 0 Å².